The average Bonchev–Trinajstić information content (AvgIpc) is 2.93. The Morgan fingerprint density at radius 2 is 2.00 bits per heavy atom. The summed E-state index contributed by atoms with van der Waals surface area (Å²) in [6.45, 7) is 6.53. The lowest BCUT2D eigenvalue weighted by atomic mass is 10.1. The van der Waals surface area contributed by atoms with Crippen LogP contribution in [0.5, 0.6) is 5.75 Å². The Labute approximate surface area is 118 Å². The van der Waals surface area contributed by atoms with E-state index in [1.807, 2.05) is 12.1 Å². The smallest absolute Gasteiger partial charge is 0.188 e. The normalized spacial score (nSPS) is 10.9. The molecule has 0 amide bonds. The summed E-state index contributed by atoms with van der Waals surface area (Å²) in [7, 11) is 0. The molecule has 2 aromatic rings. The Morgan fingerprint density at radius 1 is 1.20 bits per heavy atom. The Hall–Kier alpha value is -1.95. The third-order valence-electron chi connectivity index (χ3n) is 2.89. The molecular weight excluding hydrogens is 254 g/mol. The van der Waals surface area contributed by atoms with Crippen molar-refractivity contribution in [2.45, 2.75) is 33.4 Å². The van der Waals surface area contributed by atoms with E-state index < -0.39 is 0 Å². The number of hydrogen-bond donors (Lipinski definition) is 2. The van der Waals surface area contributed by atoms with E-state index in [1.54, 1.807) is 0 Å². The Morgan fingerprint density at radius 3 is 2.65 bits per heavy atom. The third-order valence-corrected chi connectivity index (χ3v) is 2.89. The van der Waals surface area contributed by atoms with Gasteiger partial charge in [-0.2, -0.15) is 5.21 Å². The predicted octanol–water partition coefficient (Wildman–Crippen LogP) is 1.91. The summed E-state index contributed by atoms with van der Waals surface area (Å²) in [6.07, 6.45) is 1.08. The molecule has 0 bridgehead atoms. The maximum Gasteiger partial charge on any atom is 0.188 e. The first-order valence-electron chi connectivity index (χ1n) is 6.89. The van der Waals surface area contributed by atoms with Crippen LogP contribution in [0.25, 0.3) is 0 Å². The number of aromatic nitrogens is 4. The van der Waals surface area contributed by atoms with Crippen LogP contribution in [-0.2, 0) is 13.1 Å². The Balaban J connectivity index is 1.71. The molecule has 0 radical (unpaired) electrons. The van der Waals surface area contributed by atoms with Crippen molar-refractivity contribution in [1.82, 2.24) is 25.9 Å². The van der Waals surface area contributed by atoms with Gasteiger partial charge in [0.25, 0.3) is 0 Å². The van der Waals surface area contributed by atoms with Gasteiger partial charge >= 0.3 is 0 Å². The third kappa shape index (κ3) is 4.97. The van der Waals surface area contributed by atoms with Crippen molar-refractivity contribution < 1.29 is 4.74 Å². The molecule has 6 heteroatoms. The number of tetrazole rings is 1. The van der Waals surface area contributed by atoms with Crippen LogP contribution in [-0.4, -0.2) is 27.2 Å². The molecule has 1 heterocycles. The van der Waals surface area contributed by atoms with Crippen LogP contribution in [0.1, 0.15) is 31.7 Å². The van der Waals surface area contributed by atoms with Crippen LogP contribution in [0.4, 0.5) is 0 Å². The minimum atomic E-state index is 0.600. The number of hydrogen-bond acceptors (Lipinski definition) is 5. The molecule has 0 saturated carbocycles. The molecule has 1 aromatic heterocycles. The summed E-state index contributed by atoms with van der Waals surface area (Å²) >= 11 is 0. The standard InChI is InChI=1S/C14H21N5O/c1-11(2)7-8-20-13-5-3-12(4-6-13)9-15-10-14-16-18-19-17-14/h3-6,11,15H,7-10H2,1-2H3,(H,16,17,18,19). The number of nitrogens with one attached hydrogen (secondary N) is 2. The molecule has 2 N–H and O–H groups in total. The summed E-state index contributed by atoms with van der Waals surface area (Å²) in [5, 5.41) is 16.9. The Kier molecular flexibility index (Phi) is 5.49. The van der Waals surface area contributed by atoms with Gasteiger partial charge in [0.15, 0.2) is 5.82 Å². The summed E-state index contributed by atoms with van der Waals surface area (Å²) in [5.41, 5.74) is 1.20. The summed E-state index contributed by atoms with van der Waals surface area (Å²) in [5.74, 6) is 2.26. The lowest BCUT2D eigenvalue weighted by molar-refractivity contribution is 0.289. The molecule has 0 saturated heterocycles. The monoisotopic (exact) mass is 275 g/mol. The van der Waals surface area contributed by atoms with Gasteiger partial charge in [0.05, 0.1) is 13.2 Å². The fourth-order valence-corrected chi connectivity index (χ4v) is 1.69. The first kappa shape index (κ1) is 14.5. The molecule has 0 spiro atoms. The van der Waals surface area contributed by atoms with E-state index in [4.69, 9.17) is 4.74 Å². The van der Waals surface area contributed by atoms with Gasteiger partial charge in [0.1, 0.15) is 5.75 Å². The fourth-order valence-electron chi connectivity index (χ4n) is 1.69. The van der Waals surface area contributed by atoms with Crippen LogP contribution < -0.4 is 10.1 Å². The lowest BCUT2D eigenvalue weighted by Gasteiger charge is -2.09. The van der Waals surface area contributed by atoms with E-state index in [0.29, 0.717) is 18.3 Å². The number of rotatable bonds is 8. The summed E-state index contributed by atoms with van der Waals surface area (Å²) in [6, 6.07) is 8.14. The van der Waals surface area contributed by atoms with Crippen molar-refractivity contribution in [2.75, 3.05) is 6.61 Å². The largest absolute Gasteiger partial charge is 0.494 e. The maximum atomic E-state index is 5.68. The second-order valence-corrected chi connectivity index (χ2v) is 5.11. The second kappa shape index (κ2) is 7.59. The van der Waals surface area contributed by atoms with Crippen molar-refractivity contribution in [2.24, 2.45) is 5.92 Å². The minimum absolute atomic E-state index is 0.600. The fraction of sp³-hybridized carbons (Fsp3) is 0.500. The molecule has 0 aliphatic heterocycles. The summed E-state index contributed by atoms with van der Waals surface area (Å²) in [4.78, 5) is 0. The highest BCUT2D eigenvalue weighted by molar-refractivity contribution is 5.27. The SMILES string of the molecule is CC(C)CCOc1ccc(CNCc2nn[nH]n2)cc1. The average molecular weight is 275 g/mol. The number of aromatic amines is 1. The zero-order valence-corrected chi connectivity index (χ0v) is 12.0. The Bertz CT molecular complexity index is 481. The molecule has 0 unspecified atom stereocenters. The highest BCUT2D eigenvalue weighted by atomic mass is 16.5. The minimum Gasteiger partial charge on any atom is -0.494 e. The quantitative estimate of drug-likeness (QED) is 0.769. The first-order valence-corrected chi connectivity index (χ1v) is 6.89. The van der Waals surface area contributed by atoms with Gasteiger partial charge in [-0.3, -0.25) is 0 Å². The lowest BCUT2D eigenvalue weighted by Crippen LogP contribution is -2.13. The van der Waals surface area contributed by atoms with Crippen LogP contribution in [0.2, 0.25) is 0 Å². The zero-order chi connectivity index (χ0) is 14.2. The van der Waals surface area contributed by atoms with Crippen molar-refractivity contribution in [3.63, 3.8) is 0 Å². The summed E-state index contributed by atoms with van der Waals surface area (Å²) < 4.78 is 5.68. The van der Waals surface area contributed by atoms with E-state index in [9.17, 15) is 0 Å². The van der Waals surface area contributed by atoms with Gasteiger partial charge in [0.2, 0.25) is 0 Å². The van der Waals surface area contributed by atoms with Gasteiger partial charge in [0, 0.05) is 6.54 Å². The second-order valence-electron chi connectivity index (χ2n) is 5.11. The van der Waals surface area contributed by atoms with E-state index in [1.165, 1.54) is 5.56 Å². The molecule has 0 atom stereocenters. The molecule has 108 valence electrons. The van der Waals surface area contributed by atoms with Gasteiger partial charge in [-0.25, -0.2) is 0 Å². The molecule has 1 aromatic carbocycles. The van der Waals surface area contributed by atoms with Crippen LogP contribution in [0.3, 0.4) is 0 Å². The van der Waals surface area contributed by atoms with Crippen molar-refractivity contribution >= 4 is 0 Å². The van der Waals surface area contributed by atoms with Crippen molar-refractivity contribution in [3.8, 4) is 5.75 Å². The zero-order valence-electron chi connectivity index (χ0n) is 12.0. The molecule has 6 nitrogen and oxygen atoms in total. The first-order chi connectivity index (χ1) is 9.74. The van der Waals surface area contributed by atoms with E-state index in [-0.39, 0.29) is 0 Å². The van der Waals surface area contributed by atoms with Gasteiger partial charge in [-0.15, -0.1) is 10.2 Å². The van der Waals surface area contributed by atoms with E-state index >= 15 is 0 Å². The highest BCUT2D eigenvalue weighted by Crippen LogP contribution is 2.13. The number of ether oxygens (including phenoxy) is 1. The number of benzene rings is 1. The van der Waals surface area contributed by atoms with Crippen LogP contribution >= 0.6 is 0 Å². The predicted molar refractivity (Wildman–Crippen MR) is 76.1 cm³/mol. The number of nitrogens with zero attached hydrogens (tertiary/aromatic N) is 3. The molecule has 20 heavy (non-hydrogen) atoms. The van der Waals surface area contributed by atoms with Gasteiger partial charge in [-0.1, -0.05) is 31.2 Å². The molecule has 0 aliphatic carbocycles. The topological polar surface area (TPSA) is 75.7 Å². The molecule has 0 aliphatic rings. The molecular formula is C14H21N5O. The molecule has 0 fully saturated rings. The van der Waals surface area contributed by atoms with Gasteiger partial charge in [-0.05, 0) is 30.0 Å². The van der Waals surface area contributed by atoms with Gasteiger partial charge < -0.3 is 10.1 Å². The highest BCUT2D eigenvalue weighted by Gasteiger charge is 1.99. The molecule has 2 rings (SSSR count). The van der Waals surface area contributed by atoms with E-state index in [2.05, 4.69) is 51.9 Å². The van der Waals surface area contributed by atoms with E-state index in [0.717, 1.165) is 25.3 Å². The number of H-pyrrole nitrogens is 1. The van der Waals surface area contributed by atoms with Crippen LogP contribution in [0.15, 0.2) is 24.3 Å². The van der Waals surface area contributed by atoms with Crippen molar-refractivity contribution in [1.29, 1.82) is 0 Å². The van der Waals surface area contributed by atoms with Crippen LogP contribution in [0, 0.1) is 5.92 Å². The maximum absolute atomic E-state index is 5.68. The van der Waals surface area contributed by atoms with Crippen molar-refractivity contribution in [3.05, 3.63) is 35.7 Å².